The van der Waals surface area contributed by atoms with E-state index in [1.54, 1.807) is 11.3 Å². The van der Waals surface area contributed by atoms with E-state index in [1.165, 1.54) is 10.4 Å². The number of benzene rings is 1. The molecule has 27 heavy (non-hydrogen) atoms. The summed E-state index contributed by atoms with van der Waals surface area (Å²) in [6, 6.07) is 14.8. The third-order valence-corrected chi connectivity index (χ3v) is 6.57. The summed E-state index contributed by atoms with van der Waals surface area (Å²) in [5.74, 6) is 0.563. The van der Waals surface area contributed by atoms with Crippen molar-refractivity contribution < 1.29 is 4.79 Å². The minimum absolute atomic E-state index is 0.0999. The maximum Gasteiger partial charge on any atom is 0.236 e. The van der Waals surface area contributed by atoms with Gasteiger partial charge >= 0.3 is 0 Å². The van der Waals surface area contributed by atoms with Crippen LogP contribution >= 0.6 is 11.3 Å². The first-order valence-corrected chi connectivity index (χ1v) is 10.6. The summed E-state index contributed by atoms with van der Waals surface area (Å²) in [4.78, 5) is 20.8. The Balaban J connectivity index is 1.25. The number of carbonyl (C=O) groups excluding carboxylic acids is 1. The fraction of sp³-hybridized carbons (Fsp3) is 0.476. The number of nitrogens with zero attached hydrogens (tertiary/aromatic N) is 3. The third-order valence-electron chi connectivity index (χ3n) is 5.71. The van der Waals surface area contributed by atoms with E-state index in [9.17, 15) is 4.79 Å². The molecule has 0 radical (unpaired) electrons. The Morgan fingerprint density at radius 2 is 1.78 bits per heavy atom. The van der Waals surface area contributed by atoms with Crippen LogP contribution in [0.25, 0.3) is 0 Å². The van der Waals surface area contributed by atoms with Crippen LogP contribution in [0.4, 0.5) is 0 Å². The number of hydrogen-bond donors (Lipinski definition) is 1. The lowest BCUT2D eigenvalue weighted by Crippen LogP contribution is -2.50. The van der Waals surface area contributed by atoms with Crippen molar-refractivity contribution in [2.24, 2.45) is 5.73 Å². The highest BCUT2D eigenvalue weighted by Gasteiger charge is 2.33. The first kappa shape index (κ1) is 18.6. The number of carbonyl (C=O) groups is 1. The van der Waals surface area contributed by atoms with Gasteiger partial charge in [0.2, 0.25) is 5.91 Å². The predicted octanol–water partition coefficient (Wildman–Crippen LogP) is 1.82. The lowest BCUT2D eigenvalue weighted by Gasteiger charge is -2.35. The van der Waals surface area contributed by atoms with E-state index in [0.717, 1.165) is 45.8 Å². The second-order valence-electron chi connectivity index (χ2n) is 7.61. The van der Waals surface area contributed by atoms with Crippen molar-refractivity contribution >= 4 is 17.2 Å². The van der Waals surface area contributed by atoms with Crippen molar-refractivity contribution in [3.8, 4) is 0 Å². The van der Waals surface area contributed by atoms with Crippen molar-refractivity contribution in [2.75, 3.05) is 45.8 Å². The number of likely N-dealkylation sites (tertiary alicyclic amines) is 1. The highest BCUT2D eigenvalue weighted by Crippen LogP contribution is 2.26. The van der Waals surface area contributed by atoms with Gasteiger partial charge in [-0.05, 0) is 17.0 Å². The number of piperazine rings is 1. The van der Waals surface area contributed by atoms with Gasteiger partial charge in [0.25, 0.3) is 0 Å². The normalized spacial score (nSPS) is 24.4. The van der Waals surface area contributed by atoms with Crippen molar-refractivity contribution in [1.82, 2.24) is 14.7 Å². The van der Waals surface area contributed by atoms with Crippen molar-refractivity contribution in [3.05, 3.63) is 58.3 Å². The largest absolute Gasteiger partial charge is 0.339 e. The molecule has 1 aromatic carbocycles. The Hall–Kier alpha value is -1.73. The first-order chi connectivity index (χ1) is 13.2. The van der Waals surface area contributed by atoms with E-state index in [2.05, 4.69) is 51.6 Å². The zero-order chi connectivity index (χ0) is 18.6. The molecule has 0 saturated carbocycles. The molecule has 0 aliphatic carbocycles. The van der Waals surface area contributed by atoms with Gasteiger partial charge in [0, 0.05) is 62.7 Å². The minimum Gasteiger partial charge on any atom is -0.339 e. The van der Waals surface area contributed by atoms with Gasteiger partial charge in [0.05, 0.1) is 6.54 Å². The van der Waals surface area contributed by atoms with Gasteiger partial charge in [-0.15, -0.1) is 11.3 Å². The molecule has 2 fully saturated rings. The molecular formula is C21H28N4OS. The van der Waals surface area contributed by atoms with E-state index in [1.807, 2.05) is 11.0 Å². The van der Waals surface area contributed by atoms with E-state index in [-0.39, 0.29) is 11.9 Å². The zero-order valence-corrected chi connectivity index (χ0v) is 16.5. The molecule has 2 aliphatic rings. The lowest BCUT2D eigenvalue weighted by atomic mass is 9.95. The van der Waals surface area contributed by atoms with Crippen molar-refractivity contribution in [1.29, 1.82) is 0 Å². The van der Waals surface area contributed by atoms with Crippen LogP contribution in [0.2, 0.25) is 0 Å². The molecule has 0 bridgehead atoms. The van der Waals surface area contributed by atoms with Crippen LogP contribution in [-0.4, -0.2) is 72.5 Å². The molecule has 6 heteroatoms. The summed E-state index contributed by atoms with van der Waals surface area (Å²) < 4.78 is 0. The summed E-state index contributed by atoms with van der Waals surface area (Å²) in [5.41, 5.74) is 7.65. The van der Waals surface area contributed by atoms with Gasteiger partial charge < -0.3 is 10.6 Å². The molecule has 5 nitrogen and oxygen atoms in total. The van der Waals surface area contributed by atoms with Gasteiger partial charge in [0.1, 0.15) is 0 Å². The number of hydrogen-bond acceptors (Lipinski definition) is 5. The molecule has 2 atom stereocenters. The SMILES string of the molecule is N[C@@H]1CN(CC(=O)N2CCN(Cc3cccs3)CC2)C[C@H]1c1ccccc1. The number of amides is 1. The molecule has 0 unspecified atom stereocenters. The van der Waals surface area contributed by atoms with Crippen LogP contribution in [0.5, 0.6) is 0 Å². The molecule has 4 rings (SSSR count). The molecule has 3 heterocycles. The average molecular weight is 385 g/mol. The van der Waals surface area contributed by atoms with E-state index >= 15 is 0 Å². The van der Waals surface area contributed by atoms with Crippen LogP contribution in [-0.2, 0) is 11.3 Å². The van der Waals surface area contributed by atoms with Crippen LogP contribution in [0.3, 0.4) is 0 Å². The summed E-state index contributed by atoms with van der Waals surface area (Å²) in [6.45, 7) is 6.71. The fourth-order valence-electron chi connectivity index (χ4n) is 4.17. The fourth-order valence-corrected chi connectivity index (χ4v) is 4.91. The topological polar surface area (TPSA) is 52.8 Å². The Morgan fingerprint density at radius 3 is 2.48 bits per heavy atom. The van der Waals surface area contributed by atoms with Gasteiger partial charge in [-0.25, -0.2) is 0 Å². The Kier molecular flexibility index (Phi) is 5.88. The maximum atomic E-state index is 12.8. The van der Waals surface area contributed by atoms with E-state index < -0.39 is 0 Å². The highest BCUT2D eigenvalue weighted by molar-refractivity contribution is 7.09. The van der Waals surface area contributed by atoms with Crippen molar-refractivity contribution in [2.45, 2.75) is 18.5 Å². The average Bonchev–Trinajstić information content (AvgIpc) is 3.32. The van der Waals surface area contributed by atoms with Crippen LogP contribution in [0, 0.1) is 0 Å². The second-order valence-corrected chi connectivity index (χ2v) is 8.64. The van der Waals surface area contributed by atoms with Crippen LogP contribution in [0.1, 0.15) is 16.4 Å². The Labute approximate surface area is 165 Å². The quantitative estimate of drug-likeness (QED) is 0.854. The Morgan fingerprint density at radius 1 is 1.00 bits per heavy atom. The number of thiophene rings is 1. The summed E-state index contributed by atoms with van der Waals surface area (Å²) in [5, 5.41) is 2.12. The van der Waals surface area contributed by atoms with Crippen LogP contribution < -0.4 is 5.73 Å². The first-order valence-electron chi connectivity index (χ1n) is 9.74. The van der Waals surface area contributed by atoms with Gasteiger partial charge in [-0.3, -0.25) is 14.6 Å². The monoisotopic (exact) mass is 384 g/mol. The molecule has 0 spiro atoms. The number of rotatable bonds is 5. The molecule has 2 aromatic rings. The molecule has 144 valence electrons. The molecule has 2 N–H and O–H groups in total. The highest BCUT2D eigenvalue weighted by atomic mass is 32.1. The lowest BCUT2D eigenvalue weighted by molar-refractivity contribution is -0.134. The zero-order valence-electron chi connectivity index (χ0n) is 15.7. The van der Waals surface area contributed by atoms with Gasteiger partial charge in [0.15, 0.2) is 0 Å². The molecule has 1 amide bonds. The maximum absolute atomic E-state index is 12.8. The standard InChI is InChI=1S/C21H28N4OS/c22-20-15-24(14-19(20)17-5-2-1-3-6-17)16-21(26)25-10-8-23(9-11-25)13-18-7-4-12-27-18/h1-7,12,19-20H,8-11,13-16,22H2/t19-,20+/m0/s1. The van der Waals surface area contributed by atoms with Gasteiger partial charge in [-0.2, -0.15) is 0 Å². The molecule has 1 aromatic heterocycles. The smallest absolute Gasteiger partial charge is 0.236 e. The predicted molar refractivity (Wildman–Crippen MR) is 110 cm³/mol. The molecular weight excluding hydrogens is 356 g/mol. The van der Waals surface area contributed by atoms with E-state index in [0.29, 0.717) is 12.5 Å². The Bertz CT molecular complexity index is 728. The van der Waals surface area contributed by atoms with Crippen LogP contribution in [0.15, 0.2) is 47.8 Å². The molecule has 2 aliphatic heterocycles. The summed E-state index contributed by atoms with van der Waals surface area (Å²) in [6.07, 6.45) is 0. The summed E-state index contributed by atoms with van der Waals surface area (Å²) >= 11 is 1.80. The summed E-state index contributed by atoms with van der Waals surface area (Å²) in [7, 11) is 0. The second kappa shape index (κ2) is 8.52. The van der Waals surface area contributed by atoms with Gasteiger partial charge in [-0.1, -0.05) is 36.4 Å². The molecule has 2 saturated heterocycles. The third kappa shape index (κ3) is 4.58. The number of nitrogens with two attached hydrogens (primary N) is 1. The van der Waals surface area contributed by atoms with Crippen molar-refractivity contribution in [3.63, 3.8) is 0 Å². The van der Waals surface area contributed by atoms with E-state index in [4.69, 9.17) is 5.73 Å². The minimum atomic E-state index is 0.0999.